The Bertz CT molecular complexity index is 827. The van der Waals surface area contributed by atoms with Crippen LogP contribution in [0.3, 0.4) is 0 Å². The molecule has 1 aliphatic heterocycles. The Labute approximate surface area is 146 Å². The zero-order valence-electron chi connectivity index (χ0n) is 14.5. The number of benzene rings is 1. The van der Waals surface area contributed by atoms with Crippen LogP contribution in [0.5, 0.6) is 0 Å². The van der Waals surface area contributed by atoms with Crippen LogP contribution in [0.4, 0.5) is 0 Å². The molecule has 0 spiro atoms. The number of nitrogens with one attached hydrogen (secondary N) is 1. The molecule has 0 radical (unpaired) electrons. The minimum Gasteiger partial charge on any atom is -0.355 e. The van der Waals surface area contributed by atoms with Crippen LogP contribution in [0, 0.1) is 0 Å². The molecule has 2 aromatic rings. The predicted molar refractivity (Wildman–Crippen MR) is 93.2 cm³/mol. The number of aromatic nitrogens is 2. The first-order valence-corrected chi connectivity index (χ1v) is 8.56. The van der Waals surface area contributed by atoms with Crippen LogP contribution in [0.2, 0.25) is 0 Å². The zero-order chi connectivity index (χ0) is 18.0. The third-order valence-electron chi connectivity index (χ3n) is 4.50. The number of para-hydroxylation sites is 1. The molecule has 1 atom stereocenters. The summed E-state index contributed by atoms with van der Waals surface area (Å²) < 4.78 is 1.56. The van der Waals surface area contributed by atoms with E-state index < -0.39 is 6.04 Å². The summed E-state index contributed by atoms with van der Waals surface area (Å²) in [6.07, 6.45) is 1.49. The quantitative estimate of drug-likeness (QED) is 0.832. The lowest BCUT2D eigenvalue weighted by Gasteiger charge is -2.23. The largest absolute Gasteiger partial charge is 0.355 e. The number of rotatable bonds is 5. The molecule has 0 bridgehead atoms. The Balaban J connectivity index is 1.85. The number of Topliss-reactive ketones (excluding diaryl/α,β-unsaturated/α-hetero) is 1. The molecule has 1 aromatic heterocycles. The molecule has 1 fully saturated rings. The van der Waals surface area contributed by atoms with Crippen LogP contribution in [-0.4, -0.2) is 51.4 Å². The summed E-state index contributed by atoms with van der Waals surface area (Å²) in [7, 11) is 0. The van der Waals surface area contributed by atoms with Gasteiger partial charge in [0.25, 0.3) is 0 Å². The van der Waals surface area contributed by atoms with Crippen molar-refractivity contribution < 1.29 is 14.4 Å². The molecular weight excluding hydrogens is 320 g/mol. The second-order valence-corrected chi connectivity index (χ2v) is 6.22. The minimum atomic E-state index is -0.415. The maximum absolute atomic E-state index is 12.8. The Morgan fingerprint density at radius 1 is 1.28 bits per heavy atom. The highest BCUT2D eigenvalue weighted by Crippen LogP contribution is 2.21. The van der Waals surface area contributed by atoms with E-state index in [1.807, 2.05) is 31.2 Å². The van der Waals surface area contributed by atoms with Gasteiger partial charge in [-0.2, -0.15) is 5.10 Å². The molecule has 0 aliphatic carbocycles. The van der Waals surface area contributed by atoms with Gasteiger partial charge in [0.1, 0.15) is 18.3 Å². The standard InChI is InChI=1S/C18H22N4O3/c1-3-19-18(25)15-9-6-10-21(15)16(24)11-22-14-8-5-4-7-13(14)17(20-22)12(2)23/h4-5,7-8,15H,3,6,9-11H2,1-2H3,(H,19,25)/t15-/m0/s1. The monoisotopic (exact) mass is 342 g/mol. The highest BCUT2D eigenvalue weighted by molar-refractivity contribution is 6.05. The molecule has 132 valence electrons. The number of ketones is 1. The van der Waals surface area contributed by atoms with Crippen LogP contribution in [0.25, 0.3) is 10.9 Å². The number of nitrogens with zero attached hydrogens (tertiary/aromatic N) is 3. The summed E-state index contributed by atoms with van der Waals surface area (Å²) in [4.78, 5) is 38.3. The molecule has 1 aliphatic rings. The first-order valence-electron chi connectivity index (χ1n) is 8.56. The Hall–Kier alpha value is -2.70. The van der Waals surface area contributed by atoms with Gasteiger partial charge in [-0.1, -0.05) is 18.2 Å². The van der Waals surface area contributed by atoms with Crippen molar-refractivity contribution in [3.8, 4) is 0 Å². The van der Waals surface area contributed by atoms with Gasteiger partial charge in [0.2, 0.25) is 11.8 Å². The van der Waals surface area contributed by atoms with Gasteiger partial charge in [-0.05, 0) is 25.8 Å². The van der Waals surface area contributed by atoms with Crippen molar-refractivity contribution in [2.75, 3.05) is 13.1 Å². The number of carbonyl (C=O) groups is 3. The van der Waals surface area contributed by atoms with E-state index in [0.29, 0.717) is 25.2 Å². The van der Waals surface area contributed by atoms with Gasteiger partial charge in [-0.3, -0.25) is 19.1 Å². The third-order valence-corrected chi connectivity index (χ3v) is 4.50. The molecular formula is C18H22N4O3. The molecule has 3 rings (SSSR count). The summed E-state index contributed by atoms with van der Waals surface area (Å²) in [5.74, 6) is -0.399. The van der Waals surface area contributed by atoms with Crippen molar-refractivity contribution in [2.45, 2.75) is 39.3 Å². The Morgan fingerprint density at radius 2 is 2.04 bits per heavy atom. The van der Waals surface area contributed by atoms with Crippen LogP contribution < -0.4 is 5.32 Å². The van der Waals surface area contributed by atoms with Gasteiger partial charge < -0.3 is 10.2 Å². The lowest BCUT2D eigenvalue weighted by molar-refractivity contribution is -0.138. The Kier molecular flexibility index (Phi) is 4.83. The van der Waals surface area contributed by atoms with Gasteiger partial charge in [-0.15, -0.1) is 0 Å². The maximum Gasteiger partial charge on any atom is 0.245 e. The number of likely N-dealkylation sites (N-methyl/N-ethyl adjacent to an activating group) is 1. The first-order chi connectivity index (χ1) is 12.0. The number of hydrogen-bond acceptors (Lipinski definition) is 4. The first kappa shape index (κ1) is 17.1. The number of amides is 2. The predicted octanol–water partition coefficient (Wildman–Crippen LogP) is 1.37. The molecule has 2 amide bonds. The van der Waals surface area contributed by atoms with E-state index in [2.05, 4.69) is 10.4 Å². The van der Waals surface area contributed by atoms with Crippen molar-refractivity contribution in [1.82, 2.24) is 20.0 Å². The second kappa shape index (κ2) is 7.04. The normalized spacial score (nSPS) is 17.0. The molecule has 0 saturated carbocycles. The third kappa shape index (κ3) is 3.26. The van der Waals surface area contributed by atoms with Gasteiger partial charge in [0, 0.05) is 25.4 Å². The molecule has 1 saturated heterocycles. The number of hydrogen-bond donors (Lipinski definition) is 1. The van der Waals surface area contributed by atoms with E-state index in [9.17, 15) is 14.4 Å². The zero-order valence-corrected chi connectivity index (χ0v) is 14.5. The lowest BCUT2D eigenvalue weighted by Crippen LogP contribution is -2.46. The highest BCUT2D eigenvalue weighted by atomic mass is 16.2. The lowest BCUT2D eigenvalue weighted by atomic mass is 10.2. The highest BCUT2D eigenvalue weighted by Gasteiger charge is 2.34. The minimum absolute atomic E-state index is 0.0176. The van der Waals surface area contributed by atoms with Crippen LogP contribution in [-0.2, 0) is 16.1 Å². The van der Waals surface area contributed by atoms with Gasteiger partial charge >= 0.3 is 0 Å². The van der Waals surface area contributed by atoms with Gasteiger partial charge in [0.05, 0.1) is 5.52 Å². The topological polar surface area (TPSA) is 84.3 Å². The number of likely N-dealkylation sites (tertiary alicyclic amines) is 1. The van der Waals surface area contributed by atoms with Gasteiger partial charge in [-0.25, -0.2) is 0 Å². The van der Waals surface area contributed by atoms with E-state index in [0.717, 1.165) is 17.3 Å². The number of carbonyl (C=O) groups excluding carboxylic acids is 3. The van der Waals surface area contributed by atoms with E-state index in [4.69, 9.17) is 0 Å². The van der Waals surface area contributed by atoms with Gasteiger partial charge in [0.15, 0.2) is 5.78 Å². The van der Waals surface area contributed by atoms with E-state index in [1.54, 1.807) is 9.58 Å². The molecule has 0 unspecified atom stereocenters. The van der Waals surface area contributed by atoms with E-state index >= 15 is 0 Å². The summed E-state index contributed by atoms with van der Waals surface area (Å²) in [5, 5.41) is 7.85. The molecule has 7 heteroatoms. The van der Waals surface area contributed by atoms with Crippen molar-refractivity contribution in [1.29, 1.82) is 0 Å². The summed E-state index contributed by atoms with van der Waals surface area (Å²) in [6.45, 7) is 4.46. The fourth-order valence-corrected chi connectivity index (χ4v) is 3.36. The fraction of sp³-hybridized carbons (Fsp3) is 0.444. The second-order valence-electron chi connectivity index (χ2n) is 6.22. The smallest absolute Gasteiger partial charge is 0.245 e. The molecule has 7 nitrogen and oxygen atoms in total. The average molecular weight is 342 g/mol. The van der Waals surface area contributed by atoms with Crippen LogP contribution in [0.1, 0.15) is 37.2 Å². The average Bonchev–Trinajstić information content (AvgIpc) is 3.20. The molecule has 1 aromatic carbocycles. The molecule has 1 N–H and O–H groups in total. The summed E-state index contributed by atoms with van der Waals surface area (Å²) >= 11 is 0. The summed E-state index contributed by atoms with van der Waals surface area (Å²) in [5.41, 5.74) is 1.11. The van der Waals surface area contributed by atoms with Crippen LogP contribution in [0.15, 0.2) is 24.3 Å². The van der Waals surface area contributed by atoms with Crippen molar-refractivity contribution in [2.24, 2.45) is 0 Å². The van der Waals surface area contributed by atoms with Crippen molar-refractivity contribution >= 4 is 28.5 Å². The molecule has 2 heterocycles. The Morgan fingerprint density at radius 3 is 2.76 bits per heavy atom. The fourth-order valence-electron chi connectivity index (χ4n) is 3.36. The molecule has 25 heavy (non-hydrogen) atoms. The van der Waals surface area contributed by atoms with E-state index in [-0.39, 0.29) is 24.1 Å². The maximum atomic E-state index is 12.8. The van der Waals surface area contributed by atoms with Crippen molar-refractivity contribution in [3.63, 3.8) is 0 Å². The van der Waals surface area contributed by atoms with Crippen LogP contribution >= 0.6 is 0 Å². The van der Waals surface area contributed by atoms with E-state index in [1.165, 1.54) is 6.92 Å². The number of fused-ring (bicyclic) bond motifs is 1. The van der Waals surface area contributed by atoms with Crippen molar-refractivity contribution in [3.05, 3.63) is 30.0 Å². The summed E-state index contributed by atoms with van der Waals surface area (Å²) in [6, 6.07) is 6.94. The SMILES string of the molecule is CCNC(=O)[C@@H]1CCCN1C(=O)Cn1nc(C(C)=O)c2ccccc21.